The van der Waals surface area contributed by atoms with Gasteiger partial charge in [0.1, 0.15) is 11.9 Å². The van der Waals surface area contributed by atoms with E-state index in [4.69, 9.17) is 28.2 Å². The van der Waals surface area contributed by atoms with Crippen molar-refractivity contribution in [3.8, 4) is 0 Å². The Morgan fingerprint density at radius 2 is 1.93 bits per heavy atom. The van der Waals surface area contributed by atoms with Crippen molar-refractivity contribution in [2.45, 2.75) is 52.1 Å². The number of carbonyl (C=O) groups excluding carboxylic acids is 1. The summed E-state index contributed by atoms with van der Waals surface area (Å²) in [6.07, 6.45) is 2.16. The number of halogens is 2. The Morgan fingerprint density at radius 1 is 1.18 bits per heavy atom. The van der Waals surface area contributed by atoms with E-state index in [0.717, 1.165) is 35.3 Å². The van der Waals surface area contributed by atoms with Crippen molar-refractivity contribution in [3.63, 3.8) is 0 Å². The minimum atomic E-state index is -0.319. The first kappa shape index (κ1) is 20.7. The van der Waals surface area contributed by atoms with Gasteiger partial charge < -0.3 is 9.88 Å². The Bertz CT molecular complexity index is 981. The third-order valence-corrected chi connectivity index (χ3v) is 5.23. The monoisotopic (exact) mass is 417 g/mol. The van der Waals surface area contributed by atoms with Crippen LogP contribution in [0, 0.1) is 0 Å². The molecule has 1 heterocycles. The molecule has 1 atom stereocenters. The van der Waals surface area contributed by atoms with E-state index < -0.39 is 0 Å². The number of nitrogens with zero attached hydrogens (tertiary/aromatic N) is 2. The molecule has 0 bridgehead atoms. The quantitative estimate of drug-likeness (QED) is 0.527. The van der Waals surface area contributed by atoms with Gasteiger partial charge in [-0.25, -0.2) is 4.98 Å². The van der Waals surface area contributed by atoms with Crippen molar-refractivity contribution in [1.29, 1.82) is 0 Å². The molecule has 6 heteroatoms. The molecule has 2 aromatic carbocycles. The molecule has 28 heavy (non-hydrogen) atoms. The average molecular weight is 418 g/mol. The zero-order valence-electron chi connectivity index (χ0n) is 16.4. The lowest BCUT2D eigenvalue weighted by Gasteiger charge is -2.22. The molecule has 0 aliphatic heterocycles. The van der Waals surface area contributed by atoms with E-state index in [1.54, 1.807) is 6.07 Å². The zero-order valence-corrected chi connectivity index (χ0v) is 17.9. The Kier molecular flexibility index (Phi) is 6.63. The number of carbonyl (C=O) groups is 1. The molecule has 0 radical (unpaired) electrons. The summed E-state index contributed by atoms with van der Waals surface area (Å²) in [6.45, 7) is 6.03. The highest BCUT2D eigenvalue weighted by Gasteiger charge is 2.25. The van der Waals surface area contributed by atoms with E-state index in [-0.39, 0.29) is 18.0 Å². The van der Waals surface area contributed by atoms with Gasteiger partial charge in [0.2, 0.25) is 5.91 Å². The smallest absolute Gasteiger partial charge is 0.243 e. The lowest BCUT2D eigenvalue weighted by Crippen LogP contribution is -2.37. The number of nitrogens with one attached hydrogen (secondary N) is 1. The van der Waals surface area contributed by atoms with Gasteiger partial charge in [0, 0.05) is 22.5 Å². The number of rotatable bonds is 7. The van der Waals surface area contributed by atoms with E-state index in [2.05, 4.69) is 16.8 Å². The van der Waals surface area contributed by atoms with Crippen molar-refractivity contribution in [2.75, 3.05) is 0 Å². The summed E-state index contributed by atoms with van der Waals surface area (Å²) < 4.78 is 2.07. The maximum absolute atomic E-state index is 13.0. The highest BCUT2D eigenvalue weighted by Crippen LogP contribution is 2.29. The van der Waals surface area contributed by atoms with Crippen LogP contribution in [0.3, 0.4) is 0 Å². The molecular formula is C22H25Cl2N3O. The van der Waals surface area contributed by atoms with E-state index in [1.165, 1.54) is 0 Å². The second kappa shape index (κ2) is 8.97. The van der Waals surface area contributed by atoms with Crippen LogP contribution in [0.1, 0.15) is 51.0 Å². The van der Waals surface area contributed by atoms with Crippen LogP contribution in [-0.4, -0.2) is 21.5 Å². The highest BCUT2D eigenvalue weighted by atomic mass is 35.5. The molecule has 0 spiro atoms. The van der Waals surface area contributed by atoms with E-state index in [1.807, 2.05) is 50.2 Å². The molecule has 1 amide bonds. The Labute approximate surface area is 175 Å². The molecule has 0 unspecified atom stereocenters. The number of hydrogen-bond acceptors (Lipinski definition) is 2. The predicted octanol–water partition coefficient (Wildman–Crippen LogP) is 5.80. The Balaban J connectivity index is 2.10. The summed E-state index contributed by atoms with van der Waals surface area (Å²) in [5.74, 6) is 0.839. The fourth-order valence-corrected chi connectivity index (χ4v) is 3.91. The van der Waals surface area contributed by atoms with Crippen LogP contribution >= 0.6 is 23.2 Å². The number of imidazole rings is 1. The van der Waals surface area contributed by atoms with E-state index in [0.29, 0.717) is 16.5 Å². The van der Waals surface area contributed by atoms with Crippen molar-refractivity contribution in [2.24, 2.45) is 0 Å². The minimum absolute atomic E-state index is 0.0171. The van der Waals surface area contributed by atoms with Gasteiger partial charge in [-0.15, -0.1) is 0 Å². The summed E-state index contributed by atoms with van der Waals surface area (Å²) in [4.78, 5) is 17.8. The van der Waals surface area contributed by atoms with Crippen molar-refractivity contribution in [1.82, 2.24) is 14.9 Å². The highest BCUT2D eigenvalue weighted by molar-refractivity contribution is 6.35. The average Bonchev–Trinajstić information content (AvgIpc) is 2.99. The molecule has 3 rings (SSSR count). The number of fused-ring (bicyclic) bond motifs is 1. The number of hydrogen-bond donors (Lipinski definition) is 1. The van der Waals surface area contributed by atoms with E-state index >= 15 is 0 Å². The van der Waals surface area contributed by atoms with Crippen molar-refractivity contribution < 1.29 is 4.79 Å². The van der Waals surface area contributed by atoms with Crippen LogP contribution < -0.4 is 5.32 Å². The maximum Gasteiger partial charge on any atom is 0.243 e. The third kappa shape index (κ3) is 4.50. The molecule has 0 aliphatic rings. The summed E-state index contributed by atoms with van der Waals surface area (Å²) in [6, 6.07) is 13.2. The standard InChI is InChI=1S/C22H25Cl2N3O/c1-4-7-20(22(28)25-14(2)3)27-19-9-6-5-8-18(19)26-21(27)12-15-10-11-16(23)13-17(15)24/h5-6,8-11,13-14,20H,4,7,12H2,1-3H3,(H,25,28)/t20-/m0/s1. The van der Waals surface area contributed by atoms with Gasteiger partial charge in [-0.2, -0.15) is 0 Å². The second-order valence-corrected chi connectivity index (χ2v) is 8.11. The zero-order chi connectivity index (χ0) is 20.3. The van der Waals surface area contributed by atoms with E-state index in [9.17, 15) is 4.79 Å². The van der Waals surface area contributed by atoms with Crippen molar-refractivity contribution >= 4 is 40.1 Å². The number of benzene rings is 2. The fraction of sp³-hybridized carbons (Fsp3) is 0.364. The molecule has 3 aromatic rings. The van der Waals surface area contributed by atoms with Crippen LogP contribution in [-0.2, 0) is 11.2 Å². The predicted molar refractivity (Wildman–Crippen MR) is 116 cm³/mol. The lowest BCUT2D eigenvalue weighted by molar-refractivity contribution is -0.125. The molecule has 0 fully saturated rings. The lowest BCUT2D eigenvalue weighted by atomic mass is 10.1. The Morgan fingerprint density at radius 3 is 2.61 bits per heavy atom. The molecule has 0 saturated heterocycles. The first-order valence-electron chi connectivity index (χ1n) is 9.60. The van der Waals surface area contributed by atoms with Crippen LogP contribution in [0.2, 0.25) is 10.0 Å². The molecular weight excluding hydrogens is 393 g/mol. The van der Waals surface area contributed by atoms with Crippen LogP contribution in [0.15, 0.2) is 42.5 Å². The number of amides is 1. The van der Waals surface area contributed by atoms with Gasteiger partial charge in [-0.3, -0.25) is 4.79 Å². The largest absolute Gasteiger partial charge is 0.352 e. The summed E-state index contributed by atoms with van der Waals surface area (Å²) in [7, 11) is 0. The number of para-hydroxylation sites is 2. The fourth-order valence-electron chi connectivity index (χ4n) is 3.43. The van der Waals surface area contributed by atoms with Gasteiger partial charge in [0.05, 0.1) is 11.0 Å². The first-order valence-corrected chi connectivity index (χ1v) is 10.4. The SMILES string of the molecule is CCC[C@@H](C(=O)NC(C)C)n1c(Cc2ccc(Cl)cc2Cl)nc2ccccc21. The summed E-state index contributed by atoms with van der Waals surface area (Å²) in [5.41, 5.74) is 2.77. The van der Waals surface area contributed by atoms with Gasteiger partial charge in [0.25, 0.3) is 0 Å². The van der Waals surface area contributed by atoms with Crippen LogP contribution in [0.5, 0.6) is 0 Å². The van der Waals surface area contributed by atoms with Gasteiger partial charge in [0.15, 0.2) is 0 Å². The normalized spacial score (nSPS) is 12.5. The van der Waals surface area contributed by atoms with Gasteiger partial charge >= 0.3 is 0 Å². The van der Waals surface area contributed by atoms with Crippen molar-refractivity contribution in [3.05, 3.63) is 63.9 Å². The van der Waals surface area contributed by atoms with Gasteiger partial charge in [-0.05, 0) is 50.1 Å². The Hall–Kier alpha value is -2.04. The van der Waals surface area contributed by atoms with Gasteiger partial charge in [-0.1, -0.05) is 54.7 Å². The summed E-state index contributed by atoms with van der Waals surface area (Å²) in [5, 5.41) is 4.26. The minimum Gasteiger partial charge on any atom is -0.352 e. The van der Waals surface area contributed by atoms with Crippen LogP contribution in [0.4, 0.5) is 0 Å². The first-order chi connectivity index (χ1) is 13.4. The molecule has 1 N–H and O–H groups in total. The molecule has 1 aromatic heterocycles. The number of aromatic nitrogens is 2. The maximum atomic E-state index is 13.0. The topological polar surface area (TPSA) is 46.9 Å². The molecule has 4 nitrogen and oxygen atoms in total. The molecule has 0 aliphatic carbocycles. The third-order valence-electron chi connectivity index (χ3n) is 4.64. The van der Waals surface area contributed by atoms with Crippen LogP contribution in [0.25, 0.3) is 11.0 Å². The molecule has 0 saturated carbocycles. The second-order valence-electron chi connectivity index (χ2n) is 7.27. The summed E-state index contributed by atoms with van der Waals surface area (Å²) >= 11 is 12.4. The molecule has 148 valence electrons.